The molecule has 0 radical (unpaired) electrons. The molecule has 2 aromatic rings. The van der Waals surface area contributed by atoms with Crippen LogP contribution in [0, 0.1) is 19.8 Å². The highest BCUT2D eigenvalue weighted by atomic mass is 16.5. The van der Waals surface area contributed by atoms with Crippen LogP contribution in [0.25, 0.3) is 0 Å². The van der Waals surface area contributed by atoms with Crippen LogP contribution in [0.15, 0.2) is 42.5 Å². The first-order chi connectivity index (χ1) is 14.3. The topological polar surface area (TPSA) is 61.9 Å². The van der Waals surface area contributed by atoms with Crippen molar-refractivity contribution >= 4 is 23.2 Å². The van der Waals surface area contributed by atoms with Crippen molar-refractivity contribution in [3.8, 4) is 5.75 Å². The summed E-state index contributed by atoms with van der Waals surface area (Å²) < 4.78 is 5.66. The molecule has 6 heteroatoms. The number of benzene rings is 2. The van der Waals surface area contributed by atoms with Crippen LogP contribution in [0.1, 0.15) is 25.0 Å². The monoisotopic (exact) mass is 409 g/mol. The van der Waals surface area contributed by atoms with Gasteiger partial charge in [0.25, 0.3) is 5.91 Å². The molecule has 1 aliphatic heterocycles. The Kier molecular flexibility index (Phi) is 6.98. The fourth-order valence-electron chi connectivity index (χ4n) is 3.53. The molecule has 1 aliphatic rings. The number of rotatable bonds is 6. The van der Waals surface area contributed by atoms with Gasteiger partial charge < -0.3 is 19.9 Å². The number of nitrogens with zero attached hydrogens (tertiary/aromatic N) is 2. The summed E-state index contributed by atoms with van der Waals surface area (Å²) >= 11 is 0. The third kappa shape index (κ3) is 5.32. The third-order valence-electron chi connectivity index (χ3n) is 5.52. The van der Waals surface area contributed by atoms with Crippen molar-refractivity contribution < 1.29 is 14.3 Å². The van der Waals surface area contributed by atoms with Gasteiger partial charge in [-0.15, -0.1) is 0 Å². The van der Waals surface area contributed by atoms with Gasteiger partial charge in [0.15, 0.2) is 6.61 Å². The molecule has 2 amide bonds. The molecule has 1 N–H and O–H groups in total. The minimum absolute atomic E-state index is 0.0299. The summed E-state index contributed by atoms with van der Waals surface area (Å²) in [5.74, 6) is 0.800. The first-order valence-corrected chi connectivity index (χ1v) is 10.5. The Balaban J connectivity index is 1.49. The second kappa shape index (κ2) is 9.65. The Morgan fingerprint density at radius 3 is 2.30 bits per heavy atom. The highest BCUT2D eigenvalue weighted by molar-refractivity contribution is 5.92. The van der Waals surface area contributed by atoms with E-state index < -0.39 is 0 Å². The first-order valence-electron chi connectivity index (χ1n) is 10.5. The molecule has 160 valence electrons. The second-order valence-electron chi connectivity index (χ2n) is 8.05. The zero-order chi connectivity index (χ0) is 21.7. The number of aryl methyl sites for hydroxylation is 1. The highest BCUT2D eigenvalue weighted by Crippen LogP contribution is 2.22. The predicted molar refractivity (Wildman–Crippen MR) is 120 cm³/mol. The standard InChI is InChI=1S/C24H31N3O3/c1-17(2)24(29)27-14-12-26(13-15-27)21-10-8-20(9-11-21)25-23(28)16-30-22-7-5-6-18(3)19(22)4/h5-11,17H,12-16H2,1-4H3,(H,25,28). The van der Waals surface area contributed by atoms with E-state index in [1.165, 1.54) is 0 Å². The molecule has 0 bridgehead atoms. The maximum atomic E-state index is 12.2. The predicted octanol–water partition coefficient (Wildman–Crippen LogP) is 3.63. The lowest BCUT2D eigenvalue weighted by molar-refractivity contribution is -0.134. The van der Waals surface area contributed by atoms with Crippen molar-refractivity contribution in [3.05, 3.63) is 53.6 Å². The Bertz CT molecular complexity index is 885. The normalized spacial score (nSPS) is 14.0. The largest absolute Gasteiger partial charge is 0.483 e. The molecule has 1 fully saturated rings. The number of carbonyl (C=O) groups excluding carboxylic acids is 2. The van der Waals surface area contributed by atoms with Crippen molar-refractivity contribution in [1.29, 1.82) is 0 Å². The quantitative estimate of drug-likeness (QED) is 0.792. The maximum Gasteiger partial charge on any atom is 0.262 e. The van der Waals surface area contributed by atoms with E-state index in [9.17, 15) is 9.59 Å². The number of nitrogens with one attached hydrogen (secondary N) is 1. The fourth-order valence-corrected chi connectivity index (χ4v) is 3.53. The van der Waals surface area contributed by atoms with Gasteiger partial charge in [0, 0.05) is 43.5 Å². The first kappa shape index (κ1) is 21.7. The van der Waals surface area contributed by atoms with Crippen LogP contribution >= 0.6 is 0 Å². The Morgan fingerprint density at radius 2 is 1.67 bits per heavy atom. The van der Waals surface area contributed by atoms with Crippen LogP contribution in [0.4, 0.5) is 11.4 Å². The molecule has 0 atom stereocenters. The number of amides is 2. The number of hydrogen-bond donors (Lipinski definition) is 1. The number of anilines is 2. The van der Waals surface area contributed by atoms with Crippen LogP contribution < -0.4 is 15.0 Å². The molecule has 0 aliphatic carbocycles. The zero-order valence-corrected chi connectivity index (χ0v) is 18.3. The van der Waals surface area contributed by atoms with E-state index in [-0.39, 0.29) is 24.3 Å². The van der Waals surface area contributed by atoms with Gasteiger partial charge in [0.1, 0.15) is 5.75 Å². The summed E-state index contributed by atoms with van der Waals surface area (Å²) in [5, 5.41) is 2.88. The van der Waals surface area contributed by atoms with E-state index >= 15 is 0 Å². The number of ether oxygens (including phenoxy) is 1. The lowest BCUT2D eigenvalue weighted by Crippen LogP contribution is -2.49. The molecule has 1 saturated heterocycles. The van der Waals surface area contributed by atoms with Crippen molar-refractivity contribution in [2.75, 3.05) is 43.0 Å². The molecule has 0 aromatic heterocycles. The third-order valence-corrected chi connectivity index (χ3v) is 5.52. The van der Waals surface area contributed by atoms with Gasteiger partial charge in [-0.3, -0.25) is 9.59 Å². The molecule has 30 heavy (non-hydrogen) atoms. The smallest absolute Gasteiger partial charge is 0.262 e. The Labute approximate surface area is 178 Å². The molecule has 2 aromatic carbocycles. The molecular formula is C24H31N3O3. The van der Waals surface area contributed by atoms with Crippen LogP contribution in [-0.2, 0) is 9.59 Å². The van der Waals surface area contributed by atoms with Crippen molar-refractivity contribution in [1.82, 2.24) is 4.90 Å². The fraction of sp³-hybridized carbons (Fsp3) is 0.417. The average molecular weight is 410 g/mol. The van der Waals surface area contributed by atoms with Gasteiger partial charge in [-0.25, -0.2) is 0 Å². The number of piperazine rings is 1. The van der Waals surface area contributed by atoms with Crippen molar-refractivity contribution in [3.63, 3.8) is 0 Å². The van der Waals surface area contributed by atoms with Crippen LogP contribution in [0.5, 0.6) is 5.75 Å². The maximum absolute atomic E-state index is 12.2. The van der Waals surface area contributed by atoms with E-state index in [2.05, 4.69) is 10.2 Å². The number of hydrogen-bond acceptors (Lipinski definition) is 4. The summed E-state index contributed by atoms with van der Waals surface area (Å²) in [4.78, 5) is 28.6. The average Bonchev–Trinajstić information content (AvgIpc) is 2.75. The van der Waals surface area contributed by atoms with E-state index in [1.54, 1.807) is 0 Å². The van der Waals surface area contributed by atoms with Gasteiger partial charge >= 0.3 is 0 Å². The van der Waals surface area contributed by atoms with Gasteiger partial charge in [0.2, 0.25) is 5.91 Å². The van der Waals surface area contributed by atoms with E-state index in [4.69, 9.17) is 4.74 Å². The minimum Gasteiger partial charge on any atom is -0.483 e. The van der Waals surface area contributed by atoms with Crippen molar-refractivity contribution in [2.24, 2.45) is 5.92 Å². The summed E-state index contributed by atoms with van der Waals surface area (Å²) in [5.41, 5.74) is 4.01. The van der Waals surface area contributed by atoms with Crippen LogP contribution in [0.2, 0.25) is 0 Å². The summed E-state index contributed by atoms with van der Waals surface area (Å²) in [6, 6.07) is 13.6. The van der Waals surface area contributed by atoms with Gasteiger partial charge in [-0.1, -0.05) is 26.0 Å². The van der Waals surface area contributed by atoms with Crippen LogP contribution in [-0.4, -0.2) is 49.5 Å². The lowest BCUT2D eigenvalue weighted by Gasteiger charge is -2.37. The van der Waals surface area contributed by atoms with Gasteiger partial charge in [-0.05, 0) is 55.3 Å². The molecule has 6 nitrogen and oxygen atoms in total. The Hall–Kier alpha value is -3.02. The minimum atomic E-state index is -0.190. The number of carbonyl (C=O) groups is 2. The van der Waals surface area contributed by atoms with Crippen molar-refractivity contribution in [2.45, 2.75) is 27.7 Å². The lowest BCUT2D eigenvalue weighted by atomic mass is 10.1. The Morgan fingerprint density at radius 1 is 1.00 bits per heavy atom. The highest BCUT2D eigenvalue weighted by Gasteiger charge is 2.22. The molecule has 0 saturated carbocycles. The van der Waals surface area contributed by atoms with E-state index in [1.807, 2.05) is 75.1 Å². The molecule has 1 heterocycles. The molecular weight excluding hydrogens is 378 g/mol. The SMILES string of the molecule is Cc1cccc(OCC(=O)Nc2ccc(N3CCN(C(=O)C(C)C)CC3)cc2)c1C. The zero-order valence-electron chi connectivity index (χ0n) is 18.3. The van der Waals surface area contributed by atoms with Gasteiger partial charge in [0.05, 0.1) is 0 Å². The van der Waals surface area contributed by atoms with E-state index in [0.29, 0.717) is 0 Å². The van der Waals surface area contributed by atoms with Gasteiger partial charge in [-0.2, -0.15) is 0 Å². The second-order valence-corrected chi connectivity index (χ2v) is 8.05. The van der Waals surface area contributed by atoms with E-state index in [0.717, 1.165) is 54.4 Å². The summed E-state index contributed by atoms with van der Waals surface area (Å²) in [6.45, 7) is 11.0. The molecule has 0 spiro atoms. The molecule has 3 rings (SSSR count). The summed E-state index contributed by atoms with van der Waals surface area (Å²) in [6.07, 6.45) is 0. The molecule has 0 unspecified atom stereocenters. The van der Waals surface area contributed by atoms with Crippen LogP contribution in [0.3, 0.4) is 0 Å². The summed E-state index contributed by atoms with van der Waals surface area (Å²) in [7, 11) is 0.